The van der Waals surface area contributed by atoms with E-state index in [9.17, 15) is 0 Å². The van der Waals surface area contributed by atoms with Gasteiger partial charge in [-0.1, -0.05) is 53.0 Å². The Hall–Kier alpha value is -1.60. The summed E-state index contributed by atoms with van der Waals surface area (Å²) < 4.78 is 20.2. The number of benzene rings is 2. The van der Waals surface area contributed by atoms with E-state index < -0.39 is 5.79 Å². The van der Waals surface area contributed by atoms with Gasteiger partial charge in [0, 0.05) is 28.0 Å². The van der Waals surface area contributed by atoms with Crippen LogP contribution in [0, 0.1) is 0 Å². The van der Waals surface area contributed by atoms with Crippen molar-refractivity contribution in [2.45, 2.75) is 25.0 Å². The van der Waals surface area contributed by atoms with Crippen LogP contribution in [0.5, 0.6) is 0 Å². The third kappa shape index (κ3) is 4.94. The summed E-state index contributed by atoms with van der Waals surface area (Å²) in [5.41, 5.74) is 1.76. The largest absolute Gasteiger partial charge is 0.374 e. The second-order valence-electron chi connectivity index (χ2n) is 6.80. The summed E-state index contributed by atoms with van der Waals surface area (Å²) in [5, 5.41) is 1.74. The summed E-state index contributed by atoms with van der Waals surface area (Å²) in [6, 6.07) is 12.8. The van der Waals surface area contributed by atoms with Gasteiger partial charge < -0.3 is 18.8 Å². The van der Waals surface area contributed by atoms with Gasteiger partial charge in [-0.25, -0.2) is 4.98 Å². The fourth-order valence-corrected chi connectivity index (χ4v) is 3.94. The number of ether oxygens (including phenoxy) is 3. The van der Waals surface area contributed by atoms with Crippen LogP contribution in [0.1, 0.15) is 11.1 Å². The van der Waals surface area contributed by atoms with E-state index >= 15 is 0 Å². The Kier molecular flexibility index (Phi) is 6.44. The molecule has 0 N–H and O–H groups in total. The predicted molar refractivity (Wildman–Crippen MR) is 112 cm³/mol. The zero-order valence-electron chi connectivity index (χ0n) is 15.4. The standard InChI is InChI=1S/C21H19Cl3N2O3/c22-16-3-1-15(2-4-16)10-27-11-18-12-28-21(29-18,13-26-8-7-25-14-26)19-6-5-17(23)9-20(19)24/h1-9,14,18H,10-13H2. The number of aromatic nitrogens is 2. The lowest BCUT2D eigenvalue weighted by atomic mass is 10.1. The summed E-state index contributed by atoms with van der Waals surface area (Å²) in [6.45, 7) is 1.64. The molecule has 8 heteroatoms. The molecule has 0 bridgehead atoms. The highest BCUT2D eigenvalue weighted by Crippen LogP contribution is 2.40. The maximum atomic E-state index is 6.47. The van der Waals surface area contributed by atoms with E-state index in [4.69, 9.17) is 49.0 Å². The van der Waals surface area contributed by atoms with Crippen LogP contribution in [0.4, 0.5) is 0 Å². The van der Waals surface area contributed by atoms with Crippen molar-refractivity contribution in [1.82, 2.24) is 9.55 Å². The van der Waals surface area contributed by atoms with Crippen molar-refractivity contribution in [2.75, 3.05) is 13.2 Å². The third-order valence-electron chi connectivity index (χ3n) is 4.64. The van der Waals surface area contributed by atoms with Crippen molar-refractivity contribution in [3.8, 4) is 0 Å². The van der Waals surface area contributed by atoms with E-state index in [1.54, 1.807) is 24.7 Å². The molecule has 0 saturated carbocycles. The molecule has 2 aromatic carbocycles. The van der Waals surface area contributed by atoms with Gasteiger partial charge in [-0.3, -0.25) is 0 Å². The third-order valence-corrected chi connectivity index (χ3v) is 5.44. The van der Waals surface area contributed by atoms with Crippen molar-refractivity contribution in [3.05, 3.63) is 87.4 Å². The van der Waals surface area contributed by atoms with E-state index in [-0.39, 0.29) is 6.10 Å². The van der Waals surface area contributed by atoms with Crippen LogP contribution >= 0.6 is 34.8 Å². The lowest BCUT2D eigenvalue weighted by Crippen LogP contribution is -2.34. The van der Waals surface area contributed by atoms with Gasteiger partial charge in [0.15, 0.2) is 0 Å². The summed E-state index contributed by atoms with van der Waals surface area (Å²) in [6.07, 6.45) is 5.03. The minimum Gasteiger partial charge on any atom is -0.374 e. The van der Waals surface area contributed by atoms with Crippen molar-refractivity contribution in [2.24, 2.45) is 0 Å². The monoisotopic (exact) mass is 452 g/mol. The Morgan fingerprint density at radius 1 is 1.10 bits per heavy atom. The molecule has 5 nitrogen and oxygen atoms in total. The van der Waals surface area contributed by atoms with Crippen LogP contribution in [0.25, 0.3) is 0 Å². The highest BCUT2D eigenvalue weighted by Gasteiger charge is 2.45. The molecule has 152 valence electrons. The highest BCUT2D eigenvalue weighted by molar-refractivity contribution is 6.35. The lowest BCUT2D eigenvalue weighted by Gasteiger charge is -2.30. The van der Waals surface area contributed by atoms with Crippen molar-refractivity contribution < 1.29 is 14.2 Å². The Labute approximate surface area is 184 Å². The van der Waals surface area contributed by atoms with Gasteiger partial charge in [0.25, 0.3) is 0 Å². The highest BCUT2D eigenvalue weighted by atomic mass is 35.5. The zero-order valence-corrected chi connectivity index (χ0v) is 17.7. The Morgan fingerprint density at radius 3 is 2.62 bits per heavy atom. The Balaban J connectivity index is 1.47. The maximum absolute atomic E-state index is 6.47. The van der Waals surface area contributed by atoms with Crippen LogP contribution < -0.4 is 0 Å². The van der Waals surface area contributed by atoms with Crippen LogP contribution in [-0.4, -0.2) is 28.9 Å². The molecule has 1 saturated heterocycles. The molecule has 4 rings (SSSR count). The van der Waals surface area contributed by atoms with E-state index in [0.29, 0.717) is 41.4 Å². The molecular weight excluding hydrogens is 435 g/mol. The van der Waals surface area contributed by atoms with E-state index in [2.05, 4.69) is 4.98 Å². The van der Waals surface area contributed by atoms with Crippen LogP contribution in [0.2, 0.25) is 15.1 Å². The maximum Gasteiger partial charge on any atom is 0.215 e. The fraction of sp³-hybridized carbons (Fsp3) is 0.286. The minimum absolute atomic E-state index is 0.238. The van der Waals surface area contributed by atoms with Gasteiger partial charge in [0.1, 0.15) is 6.10 Å². The van der Waals surface area contributed by atoms with Gasteiger partial charge in [0.2, 0.25) is 5.79 Å². The first-order valence-electron chi connectivity index (χ1n) is 9.09. The average molecular weight is 454 g/mol. The van der Waals surface area contributed by atoms with Gasteiger partial charge in [-0.15, -0.1) is 0 Å². The van der Waals surface area contributed by atoms with Gasteiger partial charge >= 0.3 is 0 Å². The SMILES string of the molecule is Clc1ccc(COCC2COC(Cn3ccnc3)(c3ccc(Cl)cc3Cl)O2)cc1. The first-order valence-corrected chi connectivity index (χ1v) is 10.2. The second kappa shape index (κ2) is 9.04. The minimum atomic E-state index is -1.04. The molecule has 2 atom stereocenters. The summed E-state index contributed by atoms with van der Waals surface area (Å²) >= 11 is 18.5. The van der Waals surface area contributed by atoms with E-state index in [1.165, 1.54) is 0 Å². The van der Waals surface area contributed by atoms with E-state index in [1.807, 2.05) is 41.1 Å². The number of rotatable bonds is 7. The summed E-state index contributed by atoms with van der Waals surface area (Å²) in [5.74, 6) is -1.04. The number of hydrogen-bond acceptors (Lipinski definition) is 4. The van der Waals surface area contributed by atoms with Gasteiger partial charge in [-0.05, 0) is 29.8 Å². The first kappa shape index (κ1) is 20.7. The van der Waals surface area contributed by atoms with Crippen molar-refractivity contribution in [3.63, 3.8) is 0 Å². The molecule has 3 aromatic rings. The Bertz CT molecular complexity index is 950. The predicted octanol–water partition coefficient (Wildman–Crippen LogP) is 5.33. The molecule has 0 spiro atoms. The fourth-order valence-electron chi connectivity index (χ4n) is 3.26. The number of hydrogen-bond donors (Lipinski definition) is 0. The molecule has 1 fully saturated rings. The molecule has 1 aromatic heterocycles. The van der Waals surface area contributed by atoms with Crippen LogP contribution in [0.15, 0.2) is 61.2 Å². The molecular formula is C21H19Cl3N2O3. The molecule has 0 radical (unpaired) electrons. The number of halogens is 3. The second-order valence-corrected chi connectivity index (χ2v) is 8.08. The lowest BCUT2D eigenvalue weighted by molar-refractivity contribution is -0.191. The van der Waals surface area contributed by atoms with Crippen molar-refractivity contribution in [1.29, 1.82) is 0 Å². The van der Waals surface area contributed by atoms with Crippen LogP contribution in [0.3, 0.4) is 0 Å². The topological polar surface area (TPSA) is 45.5 Å². The average Bonchev–Trinajstić information content (AvgIpc) is 3.34. The van der Waals surface area contributed by atoms with Gasteiger partial charge in [-0.2, -0.15) is 0 Å². The molecule has 2 heterocycles. The van der Waals surface area contributed by atoms with Crippen molar-refractivity contribution >= 4 is 34.8 Å². The number of imidazole rings is 1. The smallest absolute Gasteiger partial charge is 0.215 e. The van der Waals surface area contributed by atoms with Crippen LogP contribution in [-0.2, 0) is 33.1 Å². The van der Waals surface area contributed by atoms with E-state index in [0.717, 1.165) is 11.1 Å². The molecule has 0 aliphatic carbocycles. The molecule has 1 aliphatic rings. The summed E-state index contributed by atoms with van der Waals surface area (Å²) in [7, 11) is 0. The zero-order chi connectivity index (χ0) is 20.3. The summed E-state index contributed by atoms with van der Waals surface area (Å²) in [4.78, 5) is 4.10. The first-order chi connectivity index (χ1) is 14.0. The normalized spacial score (nSPS) is 21.6. The molecule has 29 heavy (non-hydrogen) atoms. The molecule has 0 amide bonds. The van der Waals surface area contributed by atoms with Gasteiger partial charge in [0.05, 0.1) is 37.7 Å². The number of nitrogens with zero attached hydrogens (tertiary/aromatic N) is 2. The Morgan fingerprint density at radius 2 is 1.90 bits per heavy atom. The molecule has 2 unspecified atom stereocenters. The molecule has 1 aliphatic heterocycles. The quantitative estimate of drug-likeness (QED) is 0.485.